The van der Waals surface area contributed by atoms with Gasteiger partial charge in [-0.1, -0.05) is 30.3 Å². The molecule has 0 aliphatic heterocycles. The number of hydrogen-bond acceptors (Lipinski definition) is 2. The maximum atomic E-state index is 12.1. The van der Waals surface area contributed by atoms with Crippen molar-refractivity contribution in [2.45, 2.75) is 24.8 Å². The molecule has 0 aromatic heterocycles. The van der Waals surface area contributed by atoms with Crippen LogP contribution in [-0.2, 0) is 15.8 Å². The summed E-state index contributed by atoms with van der Waals surface area (Å²) in [5.74, 6) is -3.57. The summed E-state index contributed by atoms with van der Waals surface area (Å²) in [7, 11) is -3.28. The van der Waals surface area contributed by atoms with Crippen LogP contribution in [0.3, 0.4) is 0 Å². The van der Waals surface area contributed by atoms with Crippen LogP contribution in [0.2, 0.25) is 0 Å². The summed E-state index contributed by atoms with van der Waals surface area (Å²) in [6.07, 6.45) is -4.77. The molecule has 2 unspecified atom stereocenters. The van der Waals surface area contributed by atoms with Crippen molar-refractivity contribution in [2.75, 3.05) is 0 Å². The molecular formula is C11H13F3NO3P. The number of alkyl halides is 3. The number of aryl methyl sites for hydroxylation is 1. The molecule has 1 amide bonds. The standard InChI is InChI=1S/C11H13F3NO3P/c12-11(13,14)10(16)15-9(19(17)18)7-6-8-4-2-1-3-5-8/h1-5,9,19H,6-7H2,(H,15,16)(H,17,18). The van der Waals surface area contributed by atoms with E-state index in [4.69, 9.17) is 4.89 Å². The second-order valence-corrected chi connectivity index (χ2v) is 5.26. The first kappa shape index (κ1) is 15.7. The van der Waals surface area contributed by atoms with Crippen molar-refractivity contribution in [3.05, 3.63) is 35.9 Å². The second-order valence-electron chi connectivity index (χ2n) is 3.89. The molecule has 1 rings (SSSR count). The van der Waals surface area contributed by atoms with E-state index in [-0.39, 0.29) is 6.42 Å². The third kappa shape index (κ3) is 5.44. The Hall–Kier alpha value is -1.33. The molecule has 2 N–H and O–H groups in total. The fraction of sp³-hybridized carbons (Fsp3) is 0.364. The third-order valence-corrected chi connectivity index (χ3v) is 3.45. The Balaban J connectivity index is 2.59. The van der Waals surface area contributed by atoms with Crippen LogP contribution in [0.15, 0.2) is 30.3 Å². The molecule has 8 heteroatoms. The fourth-order valence-corrected chi connectivity index (χ4v) is 2.10. The highest BCUT2D eigenvalue weighted by molar-refractivity contribution is 7.38. The lowest BCUT2D eigenvalue weighted by Gasteiger charge is -2.16. The Morgan fingerprint density at radius 1 is 1.32 bits per heavy atom. The van der Waals surface area contributed by atoms with Crippen molar-refractivity contribution >= 4 is 13.9 Å². The number of carbonyl (C=O) groups excluding carboxylic acids is 1. The largest absolute Gasteiger partial charge is 0.471 e. The van der Waals surface area contributed by atoms with Gasteiger partial charge < -0.3 is 10.2 Å². The monoisotopic (exact) mass is 295 g/mol. The Morgan fingerprint density at radius 3 is 2.37 bits per heavy atom. The summed E-state index contributed by atoms with van der Waals surface area (Å²) in [5.41, 5.74) is 0.817. The summed E-state index contributed by atoms with van der Waals surface area (Å²) in [6.45, 7) is 0. The fourth-order valence-electron chi connectivity index (χ4n) is 1.45. The van der Waals surface area contributed by atoms with E-state index in [0.29, 0.717) is 6.42 Å². The molecule has 0 aliphatic carbocycles. The smallest absolute Gasteiger partial charge is 0.345 e. The molecule has 4 nitrogen and oxygen atoms in total. The average molecular weight is 295 g/mol. The zero-order chi connectivity index (χ0) is 14.5. The van der Waals surface area contributed by atoms with E-state index in [2.05, 4.69) is 0 Å². The minimum atomic E-state index is -5.05. The molecule has 0 radical (unpaired) electrons. The lowest BCUT2D eigenvalue weighted by Crippen LogP contribution is -2.41. The summed E-state index contributed by atoms with van der Waals surface area (Å²) < 4.78 is 47.1. The van der Waals surface area contributed by atoms with Crippen LogP contribution >= 0.6 is 8.03 Å². The maximum Gasteiger partial charge on any atom is 0.471 e. The van der Waals surface area contributed by atoms with Crippen LogP contribution in [0, 0.1) is 0 Å². The average Bonchev–Trinajstić information content (AvgIpc) is 2.33. The van der Waals surface area contributed by atoms with Gasteiger partial charge in [-0.3, -0.25) is 9.36 Å². The topological polar surface area (TPSA) is 66.4 Å². The van der Waals surface area contributed by atoms with Crippen molar-refractivity contribution in [3.63, 3.8) is 0 Å². The van der Waals surface area contributed by atoms with E-state index in [1.807, 2.05) is 0 Å². The summed E-state index contributed by atoms with van der Waals surface area (Å²) >= 11 is 0. The number of halogens is 3. The van der Waals surface area contributed by atoms with Gasteiger partial charge in [-0.15, -0.1) is 0 Å². The van der Waals surface area contributed by atoms with E-state index < -0.39 is 25.9 Å². The van der Waals surface area contributed by atoms with Crippen LogP contribution in [0.4, 0.5) is 13.2 Å². The first-order valence-electron chi connectivity index (χ1n) is 5.45. The molecule has 0 saturated heterocycles. The molecule has 19 heavy (non-hydrogen) atoms. The highest BCUT2D eigenvalue weighted by atomic mass is 31.1. The number of rotatable bonds is 5. The van der Waals surface area contributed by atoms with E-state index in [9.17, 15) is 22.5 Å². The highest BCUT2D eigenvalue weighted by Gasteiger charge is 2.40. The lowest BCUT2D eigenvalue weighted by atomic mass is 10.1. The first-order valence-corrected chi connectivity index (χ1v) is 6.88. The zero-order valence-corrected chi connectivity index (χ0v) is 10.8. The van der Waals surface area contributed by atoms with Crippen LogP contribution in [-0.4, -0.2) is 22.8 Å². The normalized spacial score (nSPS) is 14.7. The van der Waals surface area contributed by atoms with Crippen molar-refractivity contribution in [3.8, 4) is 0 Å². The lowest BCUT2D eigenvalue weighted by molar-refractivity contribution is -0.173. The molecule has 2 atom stereocenters. The summed E-state index contributed by atoms with van der Waals surface area (Å²) in [4.78, 5) is 19.7. The van der Waals surface area contributed by atoms with E-state index >= 15 is 0 Å². The van der Waals surface area contributed by atoms with E-state index in [1.54, 1.807) is 35.6 Å². The molecular weight excluding hydrogens is 282 g/mol. The highest BCUT2D eigenvalue weighted by Crippen LogP contribution is 2.26. The molecule has 0 saturated carbocycles. The predicted octanol–water partition coefficient (Wildman–Crippen LogP) is 2.09. The Bertz CT molecular complexity index is 450. The molecule has 1 aromatic carbocycles. The van der Waals surface area contributed by atoms with Gasteiger partial charge in [0, 0.05) is 0 Å². The molecule has 1 aromatic rings. The Morgan fingerprint density at radius 2 is 1.89 bits per heavy atom. The number of nitrogens with one attached hydrogen (secondary N) is 1. The van der Waals surface area contributed by atoms with Gasteiger partial charge in [0.15, 0.2) is 0 Å². The van der Waals surface area contributed by atoms with Gasteiger partial charge >= 0.3 is 12.1 Å². The van der Waals surface area contributed by atoms with Gasteiger partial charge in [0.05, 0.1) is 0 Å². The van der Waals surface area contributed by atoms with E-state index in [1.165, 1.54) is 0 Å². The zero-order valence-electron chi connectivity index (χ0n) is 9.78. The van der Waals surface area contributed by atoms with Gasteiger partial charge in [-0.25, -0.2) is 0 Å². The third-order valence-electron chi connectivity index (χ3n) is 2.43. The Labute approximate surface area is 108 Å². The molecule has 0 bridgehead atoms. The SMILES string of the molecule is O=C(NC(CCc1ccccc1)[PH](=O)O)C(F)(F)F. The van der Waals surface area contributed by atoms with E-state index in [0.717, 1.165) is 5.56 Å². The van der Waals surface area contributed by atoms with Crippen molar-refractivity contribution in [1.29, 1.82) is 0 Å². The first-order chi connectivity index (χ1) is 8.80. The maximum absolute atomic E-state index is 12.1. The minimum Gasteiger partial charge on any atom is -0.345 e. The predicted molar refractivity (Wildman–Crippen MR) is 64.0 cm³/mol. The van der Waals surface area contributed by atoms with Gasteiger partial charge in [-0.2, -0.15) is 13.2 Å². The quantitative estimate of drug-likeness (QED) is 0.817. The van der Waals surface area contributed by atoms with Crippen molar-refractivity contribution in [2.24, 2.45) is 0 Å². The number of amides is 1. The van der Waals surface area contributed by atoms with Gasteiger partial charge in [0.1, 0.15) is 5.78 Å². The molecule has 0 heterocycles. The van der Waals surface area contributed by atoms with Crippen LogP contribution in [0.5, 0.6) is 0 Å². The molecule has 0 aliphatic rings. The Kier molecular flexibility index (Phi) is 5.57. The summed E-state index contributed by atoms with van der Waals surface area (Å²) in [6, 6.07) is 8.77. The molecule has 0 spiro atoms. The number of hydrogen-bond donors (Lipinski definition) is 2. The van der Waals surface area contributed by atoms with Gasteiger partial charge in [-0.05, 0) is 18.4 Å². The van der Waals surface area contributed by atoms with Gasteiger partial charge in [0.25, 0.3) is 0 Å². The molecule has 106 valence electrons. The van der Waals surface area contributed by atoms with Crippen LogP contribution < -0.4 is 5.32 Å². The molecule has 0 fully saturated rings. The minimum absolute atomic E-state index is 0.0276. The summed E-state index contributed by atoms with van der Waals surface area (Å²) in [5, 5.41) is 1.55. The van der Waals surface area contributed by atoms with Crippen LogP contribution in [0.1, 0.15) is 12.0 Å². The van der Waals surface area contributed by atoms with Crippen LogP contribution in [0.25, 0.3) is 0 Å². The number of benzene rings is 1. The van der Waals surface area contributed by atoms with Crippen molar-refractivity contribution < 1.29 is 27.4 Å². The van der Waals surface area contributed by atoms with Gasteiger partial charge in [0.2, 0.25) is 8.03 Å². The van der Waals surface area contributed by atoms with Crippen molar-refractivity contribution in [1.82, 2.24) is 5.32 Å². The second kappa shape index (κ2) is 6.73. The number of carbonyl (C=O) groups is 1.